The number of carbonyl (C=O) groups is 1. The van der Waals surface area contributed by atoms with E-state index in [4.69, 9.17) is 0 Å². The minimum Gasteiger partial charge on any atom is -0.393 e. The first-order valence-corrected chi connectivity index (χ1v) is 10.3. The predicted octanol–water partition coefficient (Wildman–Crippen LogP) is 2.23. The SMILES string of the molecule is Cn1cc([C@H](NC(=O)CN2CCC(c3ccccc3)CC2)C2CC(O)C2)cn1. The van der Waals surface area contributed by atoms with E-state index in [0.29, 0.717) is 12.5 Å². The third kappa shape index (κ3) is 4.45. The molecule has 6 heteroatoms. The van der Waals surface area contributed by atoms with E-state index >= 15 is 0 Å². The first kappa shape index (κ1) is 19.2. The van der Waals surface area contributed by atoms with Crippen LogP contribution in [0.1, 0.15) is 48.8 Å². The molecule has 4 rings (SSSR count). The van der Waals surface area contributed by atoms with Crippen molar-refractivity contribution in [3.63, 3.8) is 0 Å². The van der Waals surface area contributed by atoms with Crippen molar-refractivity contribution in [1.29, 1.82) is 0 Å². The monoisotopic (exact) mass is 382 g/mol. The summed E-state index contributed by atoms with van der Waals surface area (Å²) in [6, 6.07) is 10.6. The smallest absolute Gasteiger partial charge is 0.234 e. The second-order valence-corrected chi connectivity index (χ2v) is 8.34. The highest BCUT2D eigenvalue weighted by Crippen LogP contribution is 2.38. The Bertz CT molecular complexity index is 777. The van der Waals surface area contributed by atoms with Gasteiger partial charge in [-0.25, -0.2) is 0 Å². The molecule has 1 saturated heterocycles. The number of piperidine rings is 1. The Morgan fingerprint density at radius 1 is 1.25 bits per heavy atom. The molecule has 6 nitrogen and oxygen atoms in total. The predicted molar refractivity (Wildman–Crippen MR) is 108 cm³/mol. The highest BCUT2D eigenvalue weighted by Gasteiger charge is 2.36. The molecule has 150 valence electrons. The summed E-state index contributed by atoms with van der Waals surface area (Å²) in [5.41, 5.74) is 2.43. The van der Waals surface area contributed by atoms with Crippen molar-refractivity contribution in [3.8, 4) is 0 Å². The summed E-state index contributed by atoms with van der Waals surface area (Å²) in [5.74, 6) is 0.945. The number of nitrogens with one attached hydrogen (secondary N) is 1. The fraction of sp³-hybridized carbons (Fsp3) is 0.545. The molecule has 1 aromatic heterocycles. The zero-order valence-electron chi connectivity index (χ0n) is 16.5. The number of aryl methyl sites for hydroxylation is 1. The van der Waals surface area contributed by atoms with E-state index in [-0.39, 0.29) is 24.0 Å². The van der Waals surface area contributed by atoms with Gasteiger partial charge in [0.1, 0.15) is 0 Å². The summed E-state index contributed by atoms with van der Waals surface area (Å²) >= 11 is 0. The molecule has 1 aromatic carbocycles. The fourth-order valence-electron chi connectivity index (χ4n) is 4.55. The molecular weight excluding hydrogens is 352 g/mol. The van der Waals surface area contributed by atoms with Crippen molar-refractivity contribution in [3.05, 3.63) is 53.9 Å². The van der Waals surface area contributed by atoms with Gasteiger partial charge in [-0.15, -0.1) is 0 Å². The number of benzene rings is 1. The van der Waals surface area contributed by atoms with Crippen LogP contribution in [0.4, 0.5) is 0 Å². The first-order valence-electron chi connectivity index (χ1n) is 10.3. The number of aliphatic hydroxyl groups excluding tert-OH is 1. The van der Waals surface area contributed by atoms with Gasteiger partial charge in [0, 0.05) is 18.8 Å². The lowest BCUT2D eigenvalue weighted by atomic mass is 9.75. The Morgan fingerprint density at radius 2 is 1.96 bits per heavy atom. The molecule has 2 aromatic rings. The van der Waals surface area contributed by atoms with Gasteiger partial charge >= 0.3 is 0 Å². The Hall–Kier alpha value is -2.18. The van der Waals surface area contributed by atoms with E-state index in [2.05, 4.69) is 45.6 Å². The molecule has 0 radical (unpaired) electrons. The molecule has 1 amide bonds. The molecule has 2 N–H and O–H groups in total. The Morgan fingerprint density at radius 3 is 2.57 bits per heavy atom. The maximum absolute atomic E-state index is 12.7. The van der Waals surface area contributed by atoms with Crippen LogP contribution in [0.2, 0.25) is 0 Å². The quantitative estimate of drug-likeness (QED) is 0.804. The van der Waals surface area contributed by atoms with Gasteiger partial charge in [0.2, 0.25) is 5.91 Å². The summed E-state index contributed by atoms with van der Waals surface area (Å²) in [7, 11) is 1.88. The molecule has 0 bridgehead atoms. The highest BCUT2D eigenvalue weighted by atomic mass is 16.3. The van der Waals surface area contributed by atoms with Crippen LogP contribution in [0.25, 0.3) is 0 Å². The van der Waals surface area contributed by atoms with Gasteiger partial charge in [0.05, 0.1) is 24.9 Å². The normalized spacial score (nSPS) is 24.5. The van der Waals surface area contributed by atoms with Gasteiger partial charge in [0.15, 0.2) is 0 Å². The number of aliphatic hydroxyl groups is 1. The fourth-order valence-corrected chi connectivity index (χ4v) is 4.55. The summed E-state index contributed by atoms with van der Waals surface area (Å²) in [6.45, 7) is 2.34. The molecule has 1 saturated carbocycles. The molecule has 28 heavy (non-hydrogen) atoms. The summed E-state index contributed by atoms with van der Waals surface area (Å²) in [5, 5.41) is 17.2. The average molecular weight is 383 g/mol. The van der Waals surface area contributed by atoms with Crippen LogP contribution in [0.3, 0.4) is 0 Å². The van der Waals surface area contributed by atoms with Gasteiger partial charge < -0.3 is 10.4 Å². The number of amides is 1. The third-order valence-corrected chi connectivity index (χ3v) is 6.25. The maximum Gasteiger partial charge on any atom is 0.234 e. The van der Waals surface area contributed by atoms with Crippen molar-refractivity contribution in [2.24, 2.45) is 13.0 Å². The van der Waals surface area contributed by atoms with Crippen molar-refractivity contribution >= 4 is 5.91 Å². The minimum atomic E-state index is -0.238. The van der Waals surface area contributed by atoms with Crippen LogP contribution in [0.5, 0.6) is 0 Å². The molecular formula is C22H30N4O2. The van der Waals surface area contributed by atoms with Crippen LogP contribution in [-0.4, -0.2) is 51.4 Å². The Balaban J connectivity index is 1.30. The van der Waals surface area contributed by atoms with Crippen molar-refractivity contribution in [2.75, 3.05) is 19.6 Å². The standard InChI is InChI=1S/C22H30N4O2/c1-25-14-19(13-23-25)22(18-11-20(27)12-18)24-21(28)15-26-9-7-17(8-10-26)16-5-3-2-4-6-16/h2-6,13-14,17-18,20,22,27H,7-12,15H2,1H3,(H,24,28)/t18?,20?,22-/m1/s1. The summed E-state index contributed by atoms with van der Waals surface area (Å²) in [4.78, 5) is 15.0. The number of carbonyl (C=O) groups excluding carboxylic acids is 1. The van der Waals surface area contributed by atoms with Gasteiger partial charge in [-0.05, 0) is 56.2 Å². The molecule has 2 aliphatic rings. The molecule has 0 unspecified atom stereocenters. The number of nitrogens with zero attached hydrogens (tertiary/aromatic N) is 3. The Labute approximate surface area is 166 Å². The van der Waals surface area contributed by atoms with E-state index in [1.165, 1.54) is 5.56 Å². The zero-order chi connectivity index (χ0) is 19.5. The van der Waals surface area contributed by atoms with Crippen molar-refractivity contribution in [2.45, 2.75) is 43.7 Å². The summed E-state index contributed by atoms with van der Waals surface area (Å²) in [6.07, 6.45) is 7.21. The molecule has 1 atom stereocenters. The lowest BCUT2D eigenvalue weighted by molar-refractivity contribution is -0.124. The third-order valence-electron chi connectivity index (χ3n) is 6.25. The molecule has 2 heterocycles. The van der Waals surface area contributed by atoms with Gasteiger partial charge in [-0.3, -0.25) is 14.4 Å². The molecule has 2 fully saturated rings. The average Bonchev–Trinajstić information content (AvgIpc) is 3.11. The number of hydrogen-bond acceptors (Lipinski definition) is 4. The van der Waals surface area contributed by atoms with E-state index in [9.17, 15) is 9.90 Å². The molecule has 1 aliphatic heterocycles. The van der Waals surface area contributed by atoms with Crippen LogP contribution in [0, 0.1) is 5.92 Å². The maximum atomic E-state index is 12.7. The number of rotatable bonds is 6. The lowest BCUT2D eigenvalue weighted by Crippen LogP contribution is -2.46. The second kappa shape index (κ2) is 8.45. The van der Waals surface area contributed by atoms with Gasteiger partial charge in [-0.1, -0.05) is 30.3 Å². The van der Waals surface area contributed by atoms with Crippen LogP contribution < -0.4 is 5.32 Å². The number of hydrogen-bond donors (Lipinski definition) is 2. The highest BCUT2D eigenvalue weighted by molar-refractivity contribution is 5.78. The molecule has 0 spiro atoms. The van der Waals surface area contributed by atoms with Gasteiger partial charge in [-0.2, -0.15) is 5.10 Å². The number of aromatic nitrogens is 2. The first-order chi connectivity index (χ1) is 13.6. The zero-order valence-corrected chi connectivity index (χ0v) is 16.5. The number of likely N-dealkylation sites (tertiary alicyclic amines) is 1. The Kier molecular flexibility index (Phi) is 5.78. The lowest BCUT2D eigenvalue weighted by Gasteiger charge is -2.38. The van der Waals surface area contributed by atoms with Gasteiger partial charge in [0.25, 0.3) is 0 Å². The van der Waals surface area contributed by atoms with Crippen LogP contribution >= 0.6 is 0 Å². The topological polar surface area (TPSA) is 70.4 Å². The van der Waals surface area contributed by atoms with E-state index < -0.39 is 0 Å². The van der Waals surface area contributed by atoms with Crippen LogP contribution in [-0.2, 0) is 11.8 Å². The van der Waals surface area contributed by atoms with Crippen molar-refractivity contribution < 1.29 is 9.90 Å². The minimum absolute atomic E-state index is 0.0633. The van der Waals surface area contributed by atoms with E-state index in [0.717, 1.165) is 44.3 Å². The van der Waals surface area contributed by atoms with Crippen LogP contribution in [0.15, 0.2) is 42.7 Å². The molecule has 1 aliphatic carbocycles. The largest absolute Gasteiger partial charge is 0.393 e. The van der Waals surface area contributed by atoms with Crippen molar-refractivity contribution in [1.82, 2.24) is 20.0 Å². The van der Waals surface area contributed by atoms with E-state index in [1.54, 1.807) is 4.68 Å². The summed E-state index contributed by atoms with van der Waals surface area (Å²) < 4.78 is 1.76. The van der Waals surface area contributed by atoms with E-state index in [1.807, 2.05) is 19.4 Å². The second-order valence-electron chi connectivity index (χ2n) is 8.34.